The molecule has 1 heterocycles. The van der Waals surface area contributed by atoms with Crippen LogP contribution >= 0.6 is 11.8 Å². The molecule has 2 amide bonds. The van der Waals surface area contributed by atoms with Gasteiger partial charge in [-0.1, -0.05) is 60.2 Å². The van der Waals surface area contributed by atoms with Gasteiger partial charge in [-0.2, -0.15) is 0 Å². The molecule has 3 aromatic carbocycles. The number of fused-ring (bicyclic) bond motifs is 1. The monoisotopic (exact) mass is 446 g/mol. The molecule has 3 aromatic rings. The molecule has 0 radical (unpaired) electrons. The maximum Gasteiger partial charge on any atom is 0.327 e. The highest BCUT2D eigenvalue weighted by molar-refractivity contribution is 8.00. The molecule has 32 heavy (non-hydrogen) atoms. The Kier molecular flexibility index (Phi) is 6.56. The first-order valence-electron chi connectivity index (χ1n) is 10.2. The van der Waals surface area contributed by atoms with E-state index < -0.39 is 18.0 Å². The molecule has 4 rings (SSSR count). The summed E-state index contributed by atoms with van der Waals surface area (Å²) in [6.07, 6.45) is -1.14. The highest BCUT2D eigenvalue weighted by Crippen LogP contribution is 2.35. The number of rotatable bonds is 6. The number of ether oxygens (including phenoxy) is 1. The fraction of sp³-hybridized carbons (Fsp3) is 0.160. The Bertz CT molecular complexity index is 1130. The van der Waals surface area contributed by atoms with E-state index in [-0.39, 0.29) is 18.2 Å². The van der Waals surface area contributed by atoms with E-state index in [4.69, 9.17) is 4.74 Å². The number of carbonyl (C=O) groups excluding carboxylic acids is 3. The van der Waals surface area contributed by atoms with Crippen molar-refractivity contribution in [3.8, 4) is 0 Å². The number of carbonyl (C=O) groups is 3. The zero-order valence-corrected chi connectivity index (χ0v) is 18.3. The third kappa shape index (κ3) is 5.00. The average Bonchev–Trinajstić information content (AvgIpc) is 2.81. The van der Waals surface area contributed by atoms with Gasteiger partial charge in [-0.25, -0.2) is 0 Å². The third-order valence-electron chi connectivity index (χ3n) is 5.00. The Morgan fingerprint density at radius 3 is 2.44 bits per heavy atom. The van der Waals surface area contributed by atoms with Crippen LogP contribution in [0.25, 0.3) is 0 Å². The van der Waals surface area contributed by atoms with Gasteiger partial charge in [-0.15, -0.1) is 11.8 Å². The van der Waals surface area contributed by atoms with Crippen molar-refractivity contribution in [3.05, 3.63) is 90.0 Å². The van der Waals surface area contributed by atoms with Crippen molar-refractivity contribution in [2.45, 2.75) is 17.9 Å². The Morgan fingerprint density at radius 1 is 1.00 bits per heavy atom. The van der Waals surface area contributed by atoms with Crippen LogP contribution in [0, 0.1) is 6.92 Å². The molecule has 1 aliphatic heterocycles. The van der Waals surface area contributed by atoms with Crippen molar-refractivity contribution in [1.82, 2.24) is 0 Å². The summed E-state index contributed by atoms with van der Waals surface area (Å²) in [7, 11) is 0. The van der Waals surface area contributed by atoms with Gasteiger partial charge in [0.2, 0.25) is 12.0 Å². The van der Waals surface area contributed by atoms with Crippen molar-refractivity contribution in [2.24, 2.45) is 0 Å². The molecule has 0 saturated heterocycles. The summed E-state index contributed by atoms with van der Waals surface area (Å²) >= 11 is 1.44. The highest BCUT2D eigenvalue weighted by atomic mass is 32.2. The zero-order chi connectivity index (χ0) is 22.5. The molecular weight excluding hydrogens is 424 g/mol. The number of aryl methyl sites for hydroxylation is 1. The number of hydrogen-bond acceptors (Lipinski definition) is 5. The lowest BCUT2D eigenvalue weighted by Gasteiger charge is -2.28. The number of benzene rings is 3. The summed E-state index contributed by atoms with van der Waals surface area (Å²) in [6.45, 7) is 1.69. The minimum Gasteiger partial charge on any atom is -0.446 e. The molecule has 1 unspecified atom stereocenters. The SMILES string of the molecule is Cc1ccc(NC(=O)C(OC(=O)CN2C(=O)CSc3ccccc32)c2ccccc2)cc1. The van der Waals surface area contributed by atoms with Crippen LogP contribution < -0.4 is 10.2 Å². The van der Waals surface area contributed by atoms with E-state index in [1.807, 2.05) is 43.3 Å². The number of esters is 1. The first-order chi connectivity index (χ1) is 15.5. The quantitative estimate of drug-likeness (QED) is 0.570. The molecule has 162 valence electrons. The van der Waals surface area contributed by atoms with Gasteiger partial charge in [0.05, 0.1) is 11.4 Å². The molecule has 7 heteroatoms. The lowest BCUT2D eigenvalue weighted by Crippen LogP contribution is -2.40. The summed E-state index contributed by atoms with van der Waals surface area (Å²) < 4.78 is 5.61. The number of anilines is 2. The molecular formula is C25H22N2O4S. The standard InChI is InChI=1S/C25H22N2O4S/c1-17-11-13-19(14-12-17)26-25(30)24(18-7-3-2-4-8-18)31-23(29)15-27-20-9-5-6-10-21(20)32-16-22(27)28/h2-14,24H,15-16H2,1H3,(H,26,30). The smallest absolute Gasteiger partial charge is 0.327 e. The van der Waals surface area contributed by atoms with Gasteiger partial charge >= 0.3 is 5.97 Å². The summed E-state index contributed by atoms with van der Waals surface area (Å²) in [5.41, 5.74) is 2.89. The largest absolute Gasteiger partial charge is 0.446 e. The van der Waals surface area contributed by atoms with Crippen LogP contribution in [-0.2, 0) is 19.1 Å². The van der Waals surface area contributed by atoms with Gasteiger partial charge in [0.25, 0.3) is 5.91 Å². The summed E-state index contributed by atoms with van der Waals surface area (Å²) in [6, 6.07) is 23.6. The van der Waals surface area contributed by atoms with Crippen molar-refractivity contribution in [1.29, 1.82) is 0 Å². The van der Waals surface area contributed by atoms with Gasteiger partial charge in [0, 0.05) is 16.1 Å². The molecule has 1 atom stereocenters. The minimum absolute atomic E-state index is 0.175. The van der Waals surface area contributed by atoms with Crippen LogP contribution in [0.1, 0.15) is 17.2 Å². The first-order valence-corrected chi connectivity index (χ1v) is 11.1. The van der Waals surface area contributed by atoms with Crippen molar-refractivity contribution >= 4 is 40.9 Å². The Morgan fingerprint density at radius 2 is 1.69 bits per heavy atom. The zero-order valence-electron chi connectivity index (χ0n) is 17.5. The molecule has 0 spiro atoms. The lowest BCUT2D eigenvalue weighted by molar-refractivity contribution is -0.153. The fourth-order valence-corrected chi connectivity index (χ4v) is 4.31. The molecule has 0 aromatic heterocycles. The van der Waals surface area contributed by atoms with E-state index in [0.717, 1.165) is 10.5 Å². The van der Waals surface area contributed by atoms with Gasteiger partial charge in [-0.05, 0) is 31.2 Å². The highest BCUT2D eigenvalue weighted by Gasteiger charge is 2.30. The van der Waals surface area contributed by atoms with E-state index in [2.05, 4.69) is 5.32 Å². The molecule has 1 N–H and O–H groups in total. The van der Waals surface area contributed by atoms with Crippen LogP contribution in [0.2, 0.25) is 0 Å². The average molecular weight is 447 g/mol. The maximum atomic E-state index is 13.0. The summed E-state index contributed by atoms with van der Waals surface area (Å²) in [5, 5.41) is 2.80. The normalized spacial score (nSPS) is 13.8. The third-order valence-corrected chi connectivity index (χ3v) is 6.05. The van der Waals surface area contributed by atoms with Crippen LogP contribution in [0.3, 0.4) is 0 Å². The molecule has 0 fully saturated rings. The van der Waals surface area contributed by atoms with Crippen molar-refractivity contribution < 1.29 is 19.1 Å². The van der Waals surface area contributed by atoms with Crippen molar-refractivity contribution in [2.75, 3.05) is 22.5 Å². The second kappa shape index (κ2) is 9.70. The van der Waals surface area contributed by atoms with E-state index in [1.165, 1.54) is 16.7 Å². The number of amides is 2. The topological polar surface area (TPSA) is 75.7 Å². The molecule has 1 aliphatic rings. The van der Waals surface area contributed by atoms with Gasteiger partial charge in [-0.3, -0.25) is 19.3 Å². The lowest BCUT2D eigenvalue weighted by atomic mass is 10.1. The van der Waals surface area contributed by atoms with Crippen LogP contribution in [0.15, 0.2) is 83.8 Å². The predicted molar refractivity (Wildman–Crippen MR) is 125 cm³/mol. The van der Waals surface area contributed by atoms with Crippen molar-refractivity contribution in [3.63, 3.8) is 0 Å². The number of hydrogen-bond donors (Lipinski definition) is 1. The van der Waals surface area contributed by atoms with E-state index >= 15 is 0 Å². The Hall–Kier alpha value is -3.58. The first kappa shape index (κ1) is 21.6. The number of nitrogens with zero attached hydrogens (tertiary/aromatic N) is 1. The predicted octanol–water partition coefficient (Wildman–Crippen LogP) is 4.36. The molecule has 0 bridgehead atoms. The Balaban J connectivity index is 1.52. The fourth-order valence-electron chi connectivity index (χ4n) is 3.37. The number of thioether (sulfide) groups is 1. The van der Waals surface area contributed by atoms with Gasteiger partial charge in [0.15, 0.2) is 0 Å². The van der Waals surface area contributed by atoms with E-state index in [9.17, 15) is 14.4 Å². The van der Waals surface area contributed by atoms with Gasteiger partial charge in [0.1, 0.15) is 6.54 Å². The second-order valence-electron chi connectivity index (χ2n) is 7.37. The Labute approximate surface area is 190 Å². The van der Waals surface area contributed by atoms with Crippen LogP contribution in [0.5, 0.6) is 0 Å². The summed E-state index contributed by atoms with van der Waals surface area (Å²) in [5.74, 6) is -1.05. The molecule has 0 saturated carbocycles. The summed E-state index contributed by atoms with van der Waals surface area (Å²) in [4.78, 5) is 40.7. The molecule has 6 nitrogen and oxygen atoms in total. The number of para-hydroxylation sites is 1. The number of nitrogens with one attached hydrogen (secondary N) is 1. The maximum absolute atomic E-state index is 13.0. The van der Waals surface area contributed by atoms with E-state index in [1.54, 1.807) is 42.5 Å². The molecule has 0 aliphatic carbocycles. The minimum atomic E-state index is -1.14. The van der Waals surface area contributed by atoms with Gasteiger partial charge < -0.3 is 10.1 Å². The second-order valence-corrected chi connectivity index (χ2v) is 8.39. The van der Waals surface area contributed by atoms with Crippen LogP contribution in [0.4, 0.5) is 11.4 Å². The van der Waals surface area contributed by atoms with E-state index in [0.29, 0.717) is 16.9 Å². The van der Waals surface area contributed by atoms with Crippen LogP contribution in [-0.4, -0.2) is 30.1 Å².